The maximum Gasteiger partial charge on any atom is 0.298 e. The number of imidazole rings is 2. The van der Waals surface area contributed by atoms with Crippen molar-refractivity contribution >= 4 is 38.0 Å². The third-order valence-electron chi connectivity index (χ3n) is 10.8. The molecule has 2 unspecified atom stereocenters. The van der Waals surface area contributed by atoms with Crippen LogP contribution < -0.4 is 9.47 Å². The van der Waals surface area contributed by atoms with Crippen molar-refractivity contribution in [2.45, 2.75) is 63.8 Å². The van der Waals surface area contributed by atoms with E-state index in [4.69, 9.17) is 19.4 Å². The second-order valence-corrected chi connectivity index (χ2v) is 13.4. The van der Waals surface area contributed by atoms with Gasteiger partial charge >= 0.3 is 0 Å². The molecule has 10 heterocycles. The number of aromatic nitrogens is 4. The minimum Gasteiger partial charge on any atom is -0.519 e. The highest BCUT2D eigenvalue weighted by Gasteiger charge is 2.57. The fourth-order valence-corrected chi connectivity index (χ4v) is 8.69. The molecule has 2 spiro atoms. The Morgan fingerprint density at radius 2 is 1.19 bits per heavy atom. The largest absolute Gasteiger partial charge is 0.519 e. The van der Waals surface area contributed by atoms with E-state index in [1.54, 1.807) is 0 Å². The number of rotatable bonds is 0. The Labute approximate surface area is 249 Å². The summed E-state index contributed by atoms with van der Waals surface area (Å²) in [4.78, 5) is 9.51. The van der Waals surface area contributed by atoms with Crippen LogP contribution in [0.5, 0.6) is 12.0 Å². The predicted molar refractivity (Wildman–Crippen MR) is 171 cm³/mol. The van der Waals surface area contributed by atoms with E-state index in [9.17, 15) is 0 Å². The highest BCUT2D eigenvalue weighted by Crippen LogP contribution is 2.48. The number of nitrogens with zero attached hydrogens (tertiary/aromatic N) is 6. The van der Waals surface area contributed by atoms with Crippen LogP contribution in [0.15, 0.2) is 36.4 Å². The highest BCUT2D eigenvalue weighted by atomic mass is 16.5. The molecule has 2 aromatic heterocycles. The van der Waals surface area contributed by atoms with E-state index in [-0.39, 0.29) is 11.2 Å². The molecule has 0 saturated carbocycles. The molecule has 10 heteroatoms. The van der Waals surface area contributed by atoms with Gasteiger partial charge in [0.25, 0.3) is 12.0 Å². The van der Waals surface area contributed by atoms with Crippen molar-refractivity contribution in [3.05, 3.63) is 47.5 Å². The van der Waals surface area contributed by atoms with Crippen LogP contribution in [0.2, 0.25) is 0 Å². The predicted octanol–water partition coefficient (Wildman–Crippen LogP) is 1.99. The molecular formula is C32H44B2N6O2. The lowest BCUT2D eigenvalue weighted by molar-refractivity contribution is -0.845. The van der Waals surface area contributed by atoms with Crippen LogP contribution >= 0.6 is 0 Å². The summed E-state index contributed by atoms with van der Waals surface area (Å²) >= 11 is 0. The van der Waals surface area contributed by atoms with E-state index in [0.29, 0.717) is 16.0 Å². The van der Waals surface area contributed by atoms with Gasteiger partial charge in [0.15, 0.2) is 27.2 Å². The number of aryl methyl sites for hydroxylation is 2. The fourth-order valence-electron chi connectivity index (χ4n) is 8.69. The molecule has 0 N–H and O–H groups in total. The van der Waals surface area contributed by atoms with Crippen LogP contribution in [0.25, 0.3) is 22.1 Å². The number of fused-ring (bicyclic) bond motifs is 10. The number of ether oxygens (including phenoxy) is 2. The first-order chi connectivity index (χ1) is 20.1. The average Bonchev–Trinajstić information content (AvgIpc) is 3.65. The lowest BCUT2D eigenvalue weighted by Gasteiger charge is -2.60. The monoisotopic (exact) mass is 566 g/mol. The van der Waals surface area contributed by atoms with Gasteiger partial charge in [-0.25, -0.2) is 0 Å². The van der Waals surface area contributed by atoms with Crippen molar-refractivity contribution in [1.82, 2.24) is 19.1 Å². The highest BCUT2D eigenvalue weighted by molar-refractivity contribution is 5.97. The second kappa shape index (κ2) is 8.35. The third kappa shape index (κ3) is 3.63. The standard InChI is InChI=1S/2C16H22BN3O/c1-11-2-3-14-13(8-11)18-15-19(14)9-16(21-15)10-20(17)6-4-12(16)5-7-20;1-11-2-3-13-14(8-11)19-9-16(21-15(19)18-13)10-20(17)6-4-12(16)5-7-20/h2*2-3,8,12H,4-7,9-10H2,1,17H3. The maximum atomic E-state index is 6.54. The van der Waals surface area contributed by atoms with Crippen molar-refractivity contribution in [1.29, 1.82) is 0 Å². The first kappa shape index (κ1) is 25.5. The van der Waals surface area contributed by atoms with Gasteiger partial charge in [-0.15, -0.1) is 0 Å². The minimum absolute atomic E-state index is 0.0680. The minimum atomic E-state index is 0.0680. The Morgan fingerprint density at radius 3 is 1.76 bits per heavy atom. The van der Waals surface area contributed by atoms with Crippen LogP contribution in [0, 0.1) is 25.7 Å². The van der Waals surface area contributed by atoms with E-state index in [0.717, 1.165) is 48.0 Å². The van der Waals surface area contributed by atoms with Gasteiger partial charge in [0.05, 0.1) is 48.2 Å². The second-order valence-electron chi connectivity index (χ2n) is 13.4. The SMILES string of the molecule is [BH3-][N+]12CCC(CC1)C1(Cn3c(nc4cc(C)ccc43)O1)C2.[BH3-][N+]12CCC(CC1)C1(Cn3c(nc4ccc(C)cc43)O1)C2. The Bertz CT molecular complexity index is 1750. The number of hydrogen-bond acceptors (Lipinski definition) is 4. The van der Waals surface area contributed by atoms with Crippen molar-refractivity contribution in [3.63, 3.8) is 0 Å². The summed E-state index contributed by atoms with van der Waals surface area (Å²) in [5.41, 5.74) is 7.38. The molecule has 6 fully saturated rings. The van der Waals surface area contributed by atoms with Crippen molar-refractivity contribution in [2.75, 3.05) is 39.3 Å². The molecule has 4 bridgehead atoms. The van der Waals surface area contributed by atoms with Gasteiger partial charge in [0.1, 0.15) is 0 Å². The van der Waals surface area contributed by atoms with Gasteiger partial charge in [-0.05, 0) is 74.9 Å². The number of benzene rings is 2. The number of hydrogen-bond donors (Lipinski definition) is 0. The molecular weight excluding hydrogens is 522 g/mol. The lowest BCUT2D eigenvalue weighted by atomic mass is 9.71. The summed E-state index contributed by atoms with van der Waals surface area (Å²) in [7, 11) is 0.660. The van der Waals surface area contributed by atoms with Crippen LogP contribution in [0.3, 0.4) is 0 Å². The normalized spacial score (nSPS) is 37.1. The maximum absolute atomic E-state index is 6.54. The van der Waals surface area contributed by atoms with Gasteiger partial charge < -0.3 is 18.3 Å². The summed E-state index contributed by atoms with van der Waals surface area (Å²) in [6.07, 6.45) is 5.47. The van der Waals surface area contributed by atoms with E-state index < -0.39 is 0 Å². The zero-order valence-corrected chi connectivity index (χ0v) is 23.6. The summed E-state index contributed by atoms with van der Waals surface area (Å²) in [5.74, 6) is 1.50. The summed E-state index contributed by atoms with van der Waals surface area (Å²) < 4.78 is 20.6. The number of quaternary nitrogens is 2. The van der Waals surface area contributed by atoms with Crippen molar-refractivity contribution in [3.8, 4) is 12.0 Å². The van der Waals surface area contributed by atoms with E-state index in [1.165, 1.54) is 95.9 Å². The number of piperidine rings is 6. The van der Waals surface area contributed by atoms with Crippen LogP contribution in [0.1, 0.15) is 36.8 Å². The van der Waals surface area contributed by atoms with Crippen molar-refractivity contribution in [2.24, 2.45) is 11.8 Å². The first-order valence-electron chi connectivity index (χ1n) is 15.2. The molecule has 6 saturated heterocycles. The molecule has 4 aromatic rings. The summed E-state index contributed by atoms with van der Waals surface area (Å²) in [5, 5.41) is 0. The molecule has 2 atom stereocenters. The van der Waals surface area contributed by atoms with E-state index in [1.807, 2.05) is 0 Å². The van der Waals surface area contributed by atoms with Gasteiger partial charge in [-0.1, -0.05) is 12.1 Å². The molecule has 2 aromatic carbocycles. The Balaban J connectivity index is 0.000000119. The molecule has 0 amide bonds. The average molecular weight is 566 g/mol. The molecule has 8 aliphatic rings. The fraction of sp³-hybridized carbons (Fsp3) is 0.562. The zero-order chi connectivity index (χ0) is 28.5. The molecule has 0 radical (unpaired) electrons. The Kier molecular flexibility index (Phi) is 5.07. The van der Waals surface area contributed by atoms with Crippen LogP contribution in [0.4, 0.5) is 0 Å². The Morgan fingerprint density at radius 1 is 0.690 bits per heavy atom. The Hall–Kier alpha value is -2.97. The van der Waals surface area contributed by atoms with Crippen LogP contribution in [-0.2, 0) is 13.1 Å². The summed E-state index contributed by atoms with van der Waals surface area (Å²) in [6, 6.07) is 14.8. The third-order valence-corrected chi connectivity index (χ3v) is 10.8. The van der Waals surface area contributed by atoms with Gasteiger partial charge in [-0.3, -0.25) is 9.13 Å². The van der Waals surface area contributed by atoms with E-state index >= 15 is 0 Å². The van der Waals surface area contributed by atoms with Crippen molar-refractivity contribution < 1.29 is 18.3 Å². The summed E-state index contributed by atoms with van der Waals surface area (Å²) in [6.45, 7) is 14.6. The molecule has 12 rings (SSSR count). The lowest BCUT2D eigenvalue weighted by Crippen LogP contribution is -2.70. The van der Waals surface area contributed by atoms with Crippen LogP contribution in [-0.4, -0.2) is 94.3 Å². The molecule has 8 aliphatic heterocycles. The molecule has 220 valence electrons. The van der Waals surface area contributed by atoms with Gasteiger partial charge in [-0.2, -0.15) is 9.97 Å². The quantitative estimate of drug-likeness (QED) is 0.306. The zero-order valence-electron chi connectivity index (χ0n) is 23.6. The van der Waals surface area contributed by atoms with Gasteiger partial charge in [0.2, 0.25) is 0 Å². The van der Waals surface area contributed by atoms with E-state index in [2.05, 4.69) is 59.4 Å². The first-order valence-corrected chi connectivity index (χ1v) is 15.2. The molecule has 42 heavy (non-hydrogen) atoms. The topological polar surface area (TPSA) is 54.1 Å². The molecule has 8 nitrogen and oxygen atoms in total. The smallest absolute Gasteiger partial charge is 0.298 e. The van der Waals surface area contributed by atoms with Gasteiger partial charge in [0, 0.05) is 38.0 Å². The molecule has 0 aliphatic carbocycles.